The van der Waals surface area contributed by atoms with Crippen molar-refractivity contribution in [2.45, 2.75) is 37.8 Å². The van der Waals surface area contributed by atoms with Crippen LogP contribution >= 0.6 is 7.92 Å². The lowest BCUT2D eigenvalue weighted by Gasteiger charge is -2.29. The zero-order valence-corrected chi connectivity index (χ0v) is 16.6. The van der Waals surface area contributed by atoms with Gasteiger partial charge in [0.05, 0.1) is 0 Å². The van der Waals surface area contributed by atoms with Crippen molar-refractivity contribution in [1.82, 2.24) is 4.90 Å². The van der Waals surface area contributed by atoms with E-state index in [1.807, 2.05) is 0 Å². The number of fused-ring (bicyclic) bond motifs is 1. The maximum absolute atomic E-state index is 2.79. The first-order valence-electron chi connectivity index (χ1n) is 10.2. The smallest absolute Gasteiger partial charge is 0.0358 e. The van der Waals surface area contributed by atoms with Crippen molar-refractivity contribution in [3.05, 3.63) is 90.5 Å². The SMILES string of the molecule is c1ccc(P(c2ccccc2)c2ccccc2C2CCC3CCCN32)cc1. The standard InChI is InChI=1S/C25H26NP/c1-3-11-21(12-4-1)27(22-13-5-2-6-14-22)25-16-8-7-15-23(25)24-18-17-20-10-9-19-26(20)24/h1-8,11-16,20,24H,9-10,17-19H2. The lowest BCUT2D eigenvalue weighted by Crippen LogP contribution is -2.30. The molecule has 2 saturated heterocycles. The van der Waals surface area contributed by atoms with Gasteiger partial charge in [-0.05, 0) is 61.6 Å². The topological polar surface area (TPSA) is 3.24 Å². The highest BCUT2D eigenvalue weighted by atomic mass is 31.1. The normalized spacial score (nSPS) is 22.3. The maximum Gasteiger partial charge on any atom is 0.0358 e. The molecule has 2 heterocycles. The van der Waals surface area contributed by atoms with Crippen LogP contribution in [0.5, 0.6) is 0 Å². The predicted octanol–water partition coefficient (Wildman–Crippen LogP) is 4.74. The van der Waals surface area contributed by atoms with Gasteiger partial charge in [-0.25, -0.2) is 0 Å². The summed E-state index contributed by atoms with van der Waals surface area (Å²) in [5.41, 5.74) is 1.57. The molecule has 0 spiro atoms. The van der Waals surface area contributed by atoms with Crippen LogP contribution in [0.15, 0.2) is 84.9 Å². The van der Waals surface area contributed by atoms with Gasteiger partial charge in [0.15, 0.2) is 0 Å². The fraction of sp³-hybridized carbons (Fsp3) is 0.280. The number of nitrogens with zero attached hydrogens (tertiary/aromatic N) is 1. The van der Waals surface area contributed by atoms with Gasteiger partial charge in [-0.15, -0.1) is 0 Å². The van der Waals surface area contributed by atoms with E-state index in [1.54, 1.807) is 10.9 Å². The molecule has 2 aliphatic rings. The summed E-state index contributed by atoms with van der Waals surface area (Å²) in [5.74, 6) is 0. The monoisotopic (exact) mass is 371 g/mol. The Morgan fingerprint density at radius 1 is 0.667 bits per heavy atom. The summed E-state index contributed by atoms with van der Waals surface area (Å²) in [6, 6.07) is 32.9. The maximum atomic E-state index is 2.79. The van der Waals surface area contributed by atoms with E-state index in [4.69, 9.17) is 0 Å². The van der Waals surface area contributed by atoms with Gasteiger partial charge in [0, 0.05) is 12.1 Å². The summed E-state index contributed by atoms with van der Waals surface area (Å²) >= 11 is 0. The highest BCUT2D eigenvalue weighted by molar-refractivity contribution is 7.79. The Morgan fingerprint density at radius 2 is 1.30 bits per heavy atom. The summed E-state index contributed by atoms with van der Waals surface area (Å²) < 4.78 is 0. The number of hydrogen-bond acceptors (Lipinski definition) is 1. The van der Waals surface area contributed by atoms with E-state index >= 15 is 0 Å². The zero-order valence-electron chi connectivity index (χ0n) is 15.7. The highest BCUT2D eigenvalue weighted by Gasteiger charge is 2.38. The molecule has 2 atom stereocenters. The minimum absolute atomic E-state index is 0.527. The van der Waals surface area contributed by atoms with Crippen molar-refractivity contribution < 1.29 is 0 Å². The fourth-order valence-corrected chi connectivity index (χ4v) is 7.49. The molecule has 136 valence electrons. The van der Waals surface area contributed by atoms with E-state index in [0.717, 1.165) is 6.04 Å². The van der Waals surface area contributed by atoms with E-state index in [1.165, 1.54) is 42.8 Å². The molecule has 2 fully saturated rings. The third-order valence-corrected chi connectivity index (χ3v) is 8.68. The molecule has 2 unspecified atom stereocenters. The summed E-state index contributed by atoms with van der Waals surface area (Å²) in [4.78, 5) is 2.79. The van der Waals surface area contributed by atoms with Crippen LogP contribution in [0.2, 0.25) is 0 Å². The van der Waals surface area contributed by atoms with Crippen molar-refractivity contribution in [3.63, 3.8) is 0 Å². The molecule has 0 N–H and O–H groups in total. The quantitative estimate of drug-likeness (QED) is 0.599. The van der Waals surface area contributed by atoms with Gasteiger partial charge in [0.1, 0.15) is 0 Å². The lowest BCUT2D eigenvalue weighted by molar-refractivity contribution is 0.249. The van der Waals surface area contributed by atoms with Crippen molar-refractivity contribution in [3.8, 4) is 0 Å². The molecule has 0 saturated carbocycles. The molecule has 2 heteroatoms. The molecule has 2 aliphatic heterocycles. The largest absolute Gasteiger partial charge is 0.293 e. The lowest BCUT2D eigenvalue weighted by atomic mass is 10.0. The van der Waals surface area contributed by atoms with Gasteiger partial charge in [0.2, 0.25) is 0 Å². The summed E-state index contributed by atoms with van der Waals surface area (Å²) in [5, 5.41) is 4.44. The van der Waals surface area contributed by atoms with Gasteiger partial charge in [-0.1, -0.05) is 84.9 Å². The first kappa shape index (κ1) is 17.2. The van der Waals surface area contributed by atoms with Crippen LogP contribution in [0.1, 0.15) is 37.3 Å². The van der Waals surface area contributed by atoms with Gasteiger partial charge < -0.3 is 0 Å². The molecule has 1 nitrogen and oxygen atoms in total. The molecule has 5 rings (SSSR count). The Labute approximate surface area is 163 Å². The first-order valence-corrected chi connectivity index (χ1v) is 11.5. The van der Waals surface area contributed by atoms with Gasteiger partial charge in [-0.3, -0.25) is 4.90 Å². The highest BCUT2D eigenvalue weighted by Crippen LogP contribution is 2.44. The van der Waals surface area contributed by atoms with Crippen molar-refractivity contribution in [1.29, 1.82) is 0 Å². The Kier molecular flexibility index (Phi) is 4.82. The average Bonchev–Trinajstić information content (AvgIpc) is 3.34. The Bertz CT molecular complexity index is 853. The molecule has 0 bridgehead atoms. The van der Waals surface area contributed by atoms with Crippen LogP contribution in [-0.2, 0) is 0 Å². The van der Waals surface area contributed by atoms with E-state index < -0.39 is 7.92 Å². The second-order valence-corrected chi connectivity index (χ2v) is 9.88. The number of benzene rings is 3. The molecular formula is C25H26NP. The third kappa shape index (κ3) is 3.24. The number of rotatable bonds is 4. The second kappa shape index (κ2) is 7.58. The fourth-order valence-electron chi connectivity index (χ4n) is 4.98. The van der Waals surface area contributed by atoms with Crippen LogP contribution < -0.4 is 15.9 Å². The molecule has 3 aromatic rings. The third-order valence-electron chi connectivity index (χ3n) is 6.16. The second-order valence-electron chi connectivity index (χ2n) is 7.69. The van der Waals surface area contributed by atoms with Crippen molar-refractivity contribution >= 4 is 23.8 Å². The van der Waals surface area contributed by atoms with E-state index in [9.17, 15) is 0 Å². The van der Waals surface area contributed by atoms with Crippen LogP contribution in [0.3, 0.4) is 0 Å². The van der Waals surface area contributed by atoms with Crippen LogP contribution in [0.25, 0.3) is 0 Å². The molecule has 0 radical (unpaired) electrons. The van der Waals surface area contributed by atoms with Gasteiger partial charge in [0.25, 0.3) is 0 Å². The molecule has 0 amide bonds. The van der Waals surface area contributed by atoms with Gasteiger partial charge >= 0.3 is 0 Å². The Balaban J connectivity index is 1.63. The summed E-state index contributed by atoms with van der Waals surface area (Å²) in [6.45, 7) is 1.28. The molecule has 27 heavy (non-hydrogen) atoms. The average molecular weight is 371 g/mol. The van der Waals surface area contributed by atoms with Crippen molar-refractivity contribution in [2.75, 3.05) is 6.54 Å². The first-order chi connectivity index (χ1) is 13.4. The minimum atomic E-state index is -0.527. The predicted molar refractivity (Wildman–Crippen MR) is 117 cm³/mol. The Morgan fingerprint density at radius 3 is 2.00 bits per heavy atom. The van der Waals surface area contributed by atoms with E-state index in [-0.39, 0.29) is 0 Å². The zero-order chi connectivity index (χ0) is 18.1. The Hall–Kier alpha value is -1.95. The van der Waals surface area contributed by atoms with Gasteiger partial charge in [-0.2, -0.15) is 0 Å². The molecule has 0 aliphatic carbocycles. The van der Waals surface area contributed by atoms with Crippen molar-refractivity contribution in [2.24, 2.45) is 0 Å². The summed E-state index contributed by atoms with van der Waals surface area (Å²) in [7, 11) is -0.527. The molecular weight excluding hydrogens is 345 g/mol. The van der Waals surface area contributed by atoms with Crippen LogP contribution in [0.4, 0.5) is 0 Å². The van der Waals surface area contributed by atoms with Crippen LogP contribution in [-0.4, -0.2) is 17.5 Å². The van der Waals surface area contributed by atoms with Crippen LogP contribution in [0, 0.1) is 0 Å². The molecule has 0 aromatic heterocycles. The number of hydrogen-bond donors (Lipinski definition) is 0. The van der Waals surface area contributed by atoms with E-state index in [2.05, 4.69) is 89.8 Å². The minimum Gasteiger partial charge on any atom is -0.293 e. The summed E-state index contributed by atoms with van der Waals surface area (Å²) in [6.07, 6.45) is 5.45. The molecule has 3 aromatic carbocycles. The van der Waals surface area contributed by atoms with E-state index in [0.29, 0.717) is 6.04 Å².